The minimum atomic E-state index is 0.0596. The van der Waals surface area contributed by atoms with Crippen molar-refractivity contribution in [2.75, 3.05) is 13.2 Å². The summed E-state index contributed by atoms with van der Waals surface area (Å²) in [5, 5.41) is 14.8. The molecule has 2 rings (SSSR count). The fourth-order valence-corrected chi connectivity index (χ4v) is 2.18. The van der Waals surface area contributed by atoms with E-state index in [-0.39, 0.29) is 5.84 Å². The predicted octanol–water partition coefficient (Wildman–Crippen LogP) is 3.38. The molecule has 0 bridgehead atoms. The molecule has 0 aliphatic heterocycles. The van der Waals surface area contributed by atoms with Gasteiger partial charge in [-0.1, -0.05) is 0 Å². The van der Waals surface area contributed by atoms with E-state index in [0.717, 1.165) is 30.8 Å². The molecule has 0 atom stereocenters. The van der Waals surface area contributed by atoms with Crippen LogP contribution in [0.3, 0.4) is 0 Å². The quantitative estimate of drug-likeness (QED) is 0.350. The highest BCUT2D eigenvalue weighted by molar-refractivity contribution is 5.95. The third kappa shape index (κ3) is 6.25. The fourth-order valence-electron chi connectivity index (χ4n) is 2.18. The Bertz CT molecular complexity index is 635. The number of hydrogen-bond acceptors (Lipinski definition) is 5. The number of amidine groups is 1. The van der Waals surface area contributed by atoms with Crippen molar-refractivity contribution in [1.82, 2.24) is 4.98 Å². The second-order valence-electron chi connectivity index (χ2n) is 5.70. The van der Waals surface area contributed by atoms with Crippen LogP contribution in [0.4, 0.5) is 0 Å². The van der Waals surface area contributed by atoms with Crippen LogP contribution in [0.1, 0.15) is 37.4 Å². The van der Waals surface area contributed by atoms with Crippen LogP contribution in [0.25, 0.3) is 0 Å². The monoisotopic (exact) mass is 340 g/mol. The summed E-state index contributed by atoms with van der Waals surface area (Å²) in [6.07, 6.45) is 4.55. The van der Waals surface area contributed by atoms with Gasteiger partial charge >= 0.3 is 0 Å². The van der Waals surface area contributed by atoms with Crippen molar-refractivity contribution < 1.29 is 9.47 Å². The van der Waals surface area contributed by atoms with Gasteiger partial charge in [0, 0.05) is 5.56 Å². The number of ether oxygens (including phenoxy) is 2. The Hall–Kier alpha value is -2.89. The van der Waals surface area contributed by atoms with Crippen LogP contribution >= 0.6 is 0 Å². The summed E-state index contributed by atoms with van der Waals surface area (Å²) in [6.45, 7) is 2.99. The standard InChI is InChI=1S/C19H24N4O2/c1-14(20)18-10-9-17(13-23-18)25-12-4-2-3-11-24-16-7-5-15(6-8-16)19(21)22/h5-10,13,20H,2-4,11-12H2,1H3,(H3,21,22). The number of pyridine rings is 1. The highest BCUT2D eigenvalue weighted by Gasteiger charge is 2.00. The van der Waals surface area contributed by atoms with Crippen molar-refractivity contribution in [3.63, 3.8) is 0 Å². The zero-order valence-corrected chi connectivity index (χ0v) is 14.4. The molecule has 25 heavy (non-hydrogen) atoms. The van der Waals surface area contributed by atoms with Crippen molar-refractivity contribution in [2.45, 2.75) is 26.2 Å². The van der Waals surface area contributed by atoms with Crippen LogP contribution in [0.5, 0.6) is 11.5 Å². The van der Waals surface area contributed by atoms with Gasteiger partial charge in [-0.25, -0.2) is 0 Å². The molecular formula is C19H24N4O2. The molecule has 0 radical (unpaired) electrons. The second kappa shape index (κ2) is 9.42. The Morgan fingerprint density at radius 2 is 1.52 bits per heavy atom. The molecule has 132 valence electrons. The number of unbranched alkanes of at least 4 members (excludes halogenated alkanes) is 2. The van der Waals surface area contributed by atoms with Gasteiger partial charge in [-0.05, 0) is 62.6 Å². The van der Waals surface area contributed by atoms with E-state index >= 15 is 0 Å². The van der Waals surface area contributed by atoms with E-state index in [1.54, 1.807) is 31.3 Å². The molecule has 2 aromatic rings. The number of rotatable bonds is 10. The zero-order chi connectivity index (χ0) is 18.1. The third-order valence-corrected chi connectivity index (χ3v) is 3.61. The number of nitrogen functional groups attached to an aromatic ring is 1. The molecular weight excluding hydrogens is 316 g/mol. The molecule has 1 heterocycles. The molecule has 0 unspecified atom stereocenters. The van der Waals surface area contributed by atoms with Crippen LogP contribution in [-0.2, 0) is 0 Å². The lowest BCUT2D eigenvalue weighted by atomic mass is 10.2. The summed E-state index contributed by atoms with van der Waals surface area (Å²) in [4.78, 5) is 4.17. The van der Waals surface area contributed by atoms with Crippen molar-refractivity contribution in [1.29, 1.82) is 10.8 Å². The first-order chi connectivity index (χ1) is 12.1. The van der Waals surface area contributed by atoms with Crippen LogP contribution in [0.2, 0.25) is 0 Å². The van der Waals surface area contributed by atoms with Crippen molar-refractivity contribution in [3.8, 4) is 11.5 Å². The van der Waals surface area contributed by atoms with Gasteiger partial charge in [-0.2, -0.15) is 0 Å². The normalized spacial score (nSPS) is 10.3. The Kier molecular flexibility index (Phi) is 6.95. The number of hydrogen-bond donors (Lipinski definition) is 3. The van der Waals surface area contributed by atoms with E-state index < -0.39 is 0 Å². The lowest BCUT2D eigenvalue weighted by Gasteiger charge is -2.08. The maximum atomic E-state index is 7.50. The van der Waals surface area contributed by atoms with Gasteiger partial charge in [0.05, 0.1) is 30.8 Å². The van der Waals surface area contributed by atoms with E-state index in [1.165, 1.54) is 0 Å². The summed E-state index contributed by atoms with van der Waals surface area (Å²) in [7, 11) is 0. The van der Waals surface area contributed by atoms with Crippen LogP contribution in [0.15, 0.2) is 42.6 Å². The fraction of sp³-hybridized carbons (Fsp3) is 0.316. The summed E-state index contributed by atoms with van der Waals surface area (Å²) >= 11 is 0. The van der Waals surface area contributed by atoms with Crippen molar-refractivity contribution in [2.24, 2.45) is 5.73 Å². The first-order valence-corrected chi connectivity index (χ1v) is 8.28. The topological polar surface area (TPSA) is 105 Å². The van der Waals surface area contributed by atoms with E-state index in [2.05, 4.69) is 4.98 Å². The molecule has 4 N–H and O–H groups in total. The maximum absolute atomic E-state index is 7.50. The maximum Gasteiger partial charge on any atom is 0.137 e. The summed E-state index contributed by atoms with van der Waals surface area (Å²) in [5.74, 6) is 1.57. The van der Waals surface area contributed by atoms with Crippen LogP contribution in [0, 0.1) is 10.8 Å². The Labute approximate surface area is 148 Å². The zero-order valence-electron chi connectivity index (χ0n) is 14.4. The minimum Gasteiger partial charge on any atom is -0.494 e. The van der Waals surface area contributed by atoms with Crippen LogP contribution in [-0.4, -0.2) is 29.7 Å². The summed E-state index contributed by atoms with van der Waals surface area (Å²) in [5.41, 5.74) is 7.22. The van der Waals surface area contributed by atoms with E-state index in [4.69, 9.17) is 26.0 Å². The minimum absolute atomic E-state index is 0.0596. The van der Waals surface area contributed by atoms with E-state index in [0.29, 0.717) is 30.2 Å². The predicted molar refractivity (Wildman–Crippen MR) is 99.0 cm³/mol. The molecule has 6 nitrogen and oxygen atoms in total. The summed E-state index contributed by atoms with van der Waals surface area (Å²) < 4.78 is 11.3. The molecule has 0 saturated heterocycles. The highest BCUT2D eigenvalue weighted by Crippen LogP contribution is 2.13. The van der Waals surface area contributed by atoms with Crippen molar-refractivity contribution in [3.05, 3.63) is 53.9 Å². The molecule has 0 fully saturated rings. The Morgan fingerprint density at radius 3 is 2.04 bits per heavy atom. The van der Waals surface area contributed by atoms with Gasteiger partial charge in [-0.3, -0.25) is 10.4 Å². The largest absolute Gasteiger partial charge is 0.494 e. The van der Waals surface area contributed by atoms with E-state index in [1.807, 2.05) is 18.2 Å². The lowest BCUT2D eigenvalue weighted by molar-refractivity contribution is 0.279. The van der Waals surface area contributed by atoms with Gasteiger partial charge in [0.2, 0.25) is 0 Å². The number of nitrogens with one attached hydrogen (secondary N) is 2. The highest BCUT2D eigenvalue weighted by atomic mass is 16.5. The Balaban J connectivity index is 1.57. The average Bonchev–Trinajstić information content (AvgIpc) is 2.61. The van der Waals surface area contributed by atoms with Gasteiger partial charge in [-0.15, -0.1) is 0 Å². The first kappa shape index (κ1) is 18.4. The molecule has 1 aromatic heterocycles. The summed E-state index contributed by atoms with van der Waals surface area (Å²) in [6, 6.07) is 10.9. The lowest BCUT2D eigenvalue weighted by Crippen LogP contribution is -2.10. The molecule has 0 amide bonds. The molecule has 6 heteroatoms. The molecule has 0 spiro atoms. The SMILES string of the molecule is CC(=N)c1ccc(OCCCCCOc2ccc(C(=N)N)cc2)cn1. The number of aromatic nitrogens is 1. The van der Waals surface area contributed by atoms with Gasteiger partial charge in [0.25, 0.3) is 0 Å². The smallest absolute Gasteiger partial charge is 0.137 e. The Morgan fingerprint density at radius 1 is 0.920 bits per heavy atom. The van der Waals surface area contributed by atoms with Gasteiger partial charge < -0.3 is 20.6 Å². The molecule has 0 saturated carbocycles. The third-order valence-electron chi connectivity index (χ3n) is 3.61. The number of nitrogens with zero attached hydrogens (tertiary/aromatic N) is 1. The van der Waals surface area contributed by atoms with Gasteiger partial charge in [0.15, 0.2) is 0 Å². The molecule has 1 aromatic carbocycles. The average molecular weight is 340 g/mol. The number of nitrogens with two attached hydrogens (primary N) is 1. The molecule has 0 aliphatic rings. The molecule has 0 aliphatic carbocycles. The van der Waals surface area contributed by atoms with Gasteiger partial charge in [0.1, 0.15) is 17.3 Å². The first-order valence-electron chi connectivity index (χ1n) is 8.28. The van der Waals surface area contributed by atoms with Crippen molar-refractivity contribution >= 4 is 11.5 Å². The number of benzene rings is 1. The van der Waals surface area contributed by atoms with E-state index in [9.17, 15) is 0 Å². The second-order valence-corrected chi connectivity index (χ2v) is 5.70. The van der Waals surface area contributed by atoms with Crippen LogP contribution < -0.4 is 15.2 Å².